The zero-order valence-electron chi connectivity index (χ0n) is 16.8. The number of benzene rings is 1. The van der Waals surface area contributed by atoms with Gasteiger partial charge in [0.1, 0.15) is 5.92 Å². The Kier molecular flexibility index (Phi) is 5.87. The second-order valence-corrected chi connectivity index (χ2v) is 7.29. The number of carbonyl (C=O) groups excluding carboxylic acids is 1. The van der Waals surface area contributed by atoms with Gasteiger partial charge >= 0.3 is 5.97 Å². The molecule has 0 aliphatic carbocycles. The summed E-state index contributed by atoms with van der Waals surface area (Å²) in [6, 6.07) is 10.1. The number of hydrogen-bond donors (Lipinski definition) is 0. The number of allylic oxidation sites excluding steroid dienone is 2. The van der Waals surface area contributed by atoms with Crippen molar-refractivity contribution in [1.29, 1.82) is 0 Å². The van der Waals surface area contributed by atoms with Crippen molar-refractivity contribution in [3.05, 3.63) is 75.7 Å². The number of aromatic nitrogens is 1. The van der Waals surface area contributed by atoms with Gasteiger partial charge in [-0.3, -0.25) is 24.9 Å². The van der Waals surface area contributed by atoms with Crippen LogP contribution >= 0.6 is 0 Å². The van der Waals surface area contributed by atoms with Crippen LogP contribution in [0.5, 0.6) is 0 Å². The van der Waals surface area contributed by atoms with Crippen LogP contribution in [0.3, 0.4) is 0 Å². The number of esters is 1. The third-order valence-electron chi connectivity index (χ3n) is 4.85. The highest BCUT2D eigenvalue weighted by Crippen LogP contribution is 2.45. The lowest BCUT2D eigenvalue weighted by Gasteiger charge is -2.33. The van der Waals surface area contributed by atoms with Gasteiger partial charge in [-0.1, -0.05) is 18.2 Å². The van der Waals surface area contributed by atoms with Crippen LogP contribution in [0.2, 0.25) is 0 Å². The third-order valence-corrected chi connectivity index (χ3v) is 4.85. The molecule has 0 N–H and O–H groups in total. The fraction of sp³-hybridized carbons (Fsp3) is 0.318. The van der Waals surface area contributed by atoms with E-state index in [1.165, 1.54) is 12.1 Å². The molecule has 7 heteroatoms. The molecule has 7 nitrogen and oxygen atoms in total. The number of aliphatic imine (C=N–C) groups is 1. The maximum atomic E-state index is 13.0. The molecule has 0 saturated heterocycles. The Hall–Kier alpha value is -3.35. The van der Waals surface area contributed by atoms with Gasteiger partial charge in [0, 0.05) is 41.9 Å². The first-order valence-corrected chi connectivity index (χ1v) is 9.40. The van der Waals surface area contributed by atoms with Crippen molar-refractivity contribution in [2.75, 3.05) is 0 Å². The molecule has 150 valence electrons. The first-order valence-electron chi connectivity index (χ1n) is 9.40. The van der Waals surface area contributed by atoms with E-state index in [2.05, 4.69) is 9.98 Å². The predicted molar refractivity (Wildman–Crippen MR) is 110 cm³/mol. The number of nitrogens with zero attached hydrogens (tertiary/aromatic N) is 3. The Morgan fingerprint density at radius 2 is 1.97 bits per heavy atom. The van der Waals surface area contributed by atoms with Crippen molar-refractivity contribution < 1.29 is 14.5 Å². The van der Waals surface area contributed by atoms with E-state index in [-0.39, 0.29) is 11.8 Å². The highest BCUT2D eigenvalue weighted by molar-refractivity contribution is 6.06. The zero-order valence-corrected chi connectivity index (χ0v) is 16.8. The van der Waals surface area contributed by atoms with Crippen molar-refractivity contribution in [2.45, 2.75) is 39.7 Å². The minimum Gasteiger partial charge on any atom is -0.462 e. The molecule has 1 aromatic heterocycles. The average Bonchev–Trinajstić information content (AvgIpc) is 2.67. The van der Waals surface area contributed by atoms with E-state index in [4.69, 9.17) is 4.74 Å². The second-order valence-electron chi connectivity index (χ2n) is 7.29. The standard InChI is InChI=1S/C22H23N3O4/c1-13(2)29-22(26)20-15(4)24-14(3)19(17-8-6-10-23-12-17)21(20)16-7-5-9-18(11-16)25(27)28/h5-13,20-21H,1-4H3. The molecular weight excluding hydrogens is 370 g/mol. The topological polar surface area (TPSA) is 94.7 Å². The van der Waals surface area contributed by atoms with Crippen LogP contribution in [-0.2, 0) is 9.53 Å². The summed E-state index contributed by atoms with van der Waals surface area (Å²) in [7, 11) is 0. The van der Waals surface area contributed by atoms with Crippen molar-refractivity contribution in [1.82, 2.24) is 4.98 Å². The summed E-state index contributed by atoms with van der Waals surface area (Å²) in [6.45, 7) is 7.25. The van der Waals surface area contributed by atoms with Crippen molar-refractivity contribution in [3.63, 3.8) is 0 Å². The van der Waals surface area contributed by atoms with Crippen molar-refractivity contribution in [3.8, 4) is 0 Å². The van der Waals surface area contributed by atoms with Crippen LogP contribution in [0.1, 0.15) is 44.7 Å². The van der Waals surface area contributed by atoms with Crippen molar-refractivity contribution >= 4 is 22.9 Å². The average molecular weight is 393 g/mol. The maximum absolute atomic E-state index is 13.0. The lowest BCUT2D eigenvalue weighted by atomic mass is 9.73. The van der Waals surface area contributed by atoms with Gasteiger partial charge in [0.2, 0.25) is 0 Å². The Morgan fingerprint density at radius 3 is 2.59 bits per heavy atom. The minimum atomic E-state index is -0.682. The first kappa shape index (κ1) is 20.4. The van der Waals surface area contributed by atoms with Gasteiger partial charge in [0.15, 0.2) is 0 Å². The highest BCUT2D eigenvalue weighted by Gasteiger charge is 2.40. The molecule has 1 aliphatic rings. The van der Waals surface area contributed by atoms with Gasteiger partial charge in [-0.25, -0.2) is 0 Å². The molecule has 3 rings (SSSR count). The molecule has 29 heavy (non-hydrogen) atoms. The maximum Gasteiger partial charge on any atom is 0.315 e. The smallest absolute Gasteiger partial charge is 0.315 e. The molecule has 1 aromatic carbocycles. The van der Waals surface area contributed by atoms with E-state index in [0.29, 0.717) is 11.3 Å². The number of nitro benzene ring substituents is 1. The predicted octanol–water partition coefficient (Wildman–Crippen LogP) is 4.55. The summed E-state index contributed by atoms with van der Waals surface area (Å²) in [5.74, 6) is -1.55. The van der Waals surface area contributed by atoms with Crippen LogP contribution in [0.15, 0.2) is 59.5 Å². The van der Waals surface area contributed by atoms with Gasteiger partial charge in [-0.15, -0.1) is 0 Å². The lowest BCUT2D eigenvalue weighted by molar-refractivity contribution is -0.384. The van der Waals surface area contributed by atoms with Crippen LogP contribution < -0.4 is 0 Å². The Balaban J connectivity index is 2.22. The van der Waals surface area contributed by atoms with Gasteiger partial charge in [0.05, 0.1) is 11.0 Å². The number of rotatable bonds is 5. The molecule has 2 unspecified atom stereocenters. The number of carbonyl (C=O) groups is 1. The van der Waals surface area contributed by atoms with Crippen LogP contribution in [0.4, 0.5) is 5.69 Å². The quantitative estimate of drug-likeness (QED) is 0.422. The molecule has 0 amide bonds. The molecule has 2 aromatic rings. The van der Waals surface area contributed by atoms with E-state index in [1.807, 2.05) is 19.1 Å². The molecule has 1 aliphatic heterocycles. The molecule has 0 radical (unpaired) electrons. The van der Waals surface area contributed by atoms with Crippen LogP contribution in [0, 0.1) is 16.0 Å². The SMILES string of the molecule is CC1=NC(C)=C(c2cccnc2)C(c2cccc([N+](=O)[O-])c2)C1C(=O)OC(C)C. The summed E-state index contributed by atoms with van der Waals surface area (Å²) < 4.78 is 5.52. The van der Waals surface area contributed by atoms with Gasteiger partial charge in [0.25, 0.3) is 5.69 Å². The summed E-state index contributed by atoms with van der Waals surface area (Å²) in [6.07, 6.45) is 3.10. The number of non-ortho nitro benzene ring substituents is 1. The number of nitro groups is 1. The summed E-state index contributed by atoms with van der Waals surface area (Å²) in [5.41, 5.74) is 3.65. The highest BCUT2D eigenvalue weighted by atomic mass is 16.6. The second kappa shape index (κ2) is 8.34. The van der Waals surface area contributed by atoms with Crippen molar-refractivity contribution in [2.24, 2.45) is 10.9 Å². The van der Waals surface area contributed by atoms with Gasteiger partial charge in [-0.05, 0) is 50.5 Å². The molecular formula is C22H23N3O4. The summed E-state index contributed by atoms with van der Waals surface area (Å²) >= 11 is 0. The molecule has 2 atom stereocenters. The van der Waals surface area contributed by atoms with E-state index in [0.717, 1.165) is 16.8 Å². The van der Waals surface area contributed by atoms with Gasteiger partial charge < -0.3 is 4.74 Å². The molecule has 0 saturated carbocycles. The fourth-order valence-electron chi connectivity index (χ4n) is 3.74. The van der Waals surface area contributed by atoms with E-state index < -0.39 is 22.7 Å². The van der Waals surface area contributed by atoms with E-state index >= 15 is 0 Å². The first-order chi connectivity index (χ1) is 13.8. The van der Waals surface area contributed by atoms with Crippen LogP contribution in [-0.4, -0.2) is 27.7 Å². The third kappa shape index (κ3) is 4.23. The molecule has 2 heterocycles. The van der Waals surface area contributed by atoms with E-state index in [1.54, 1.807) is 45.3 Å². The number of ether oxygens (including phenoxy) is 1. The Morgan fingerprint density at radius 1 is 1.21 bits per heavy atom. The Labute approximate surface area is 169 Å². The minimum absolute atomic E-state index is 0.0261. The lowest BCUT2D eigenvalue weighted by Crippen LogP contribution is -2.35. The molecule has 0 spiro atoms. The Bertz CT molecular complexity index is 996. The van der Waals surface area contributed by atoms with E-state index in [9.17, 15) is 14.9 Å². The number of hydrogen-bond acceptors (Lipinski definition) is 6. The monoisotopic (exact) mass is 393 g/mol. The molecule has 0 fully saturated rings. The fourth-order valence-corrected chi connectivity index (χ4v) is 3.74. The zero-order chi connectivity index (χ0) is 21.1. The van der Waals surface area contributed by atoms with Gasteiger partial charge in [-0.2, -0.15) is 0 Å². The molecule has 0 bridgehead atoms. The summed E-state index contributed by atoms with van der Waals surface area (Å²) in [5, 5.41) is 11.3. The normalized spacial score (nSPS) is 19.1. The summed E-state index contributed by atoms with van der Waals surface area (Å²) in [4.78, 5) is 32.8. The largest absolute Gasteiger partial charge is 0.462 e. The number of pyridine rings is 1. The van der Waals surface area contributed by atoms with Crippen LogP contribution in [0.25, 0.3) is 5.57 Å².